The monoisotopic (exact) mass is 262 g/mol. The Balaban J connectivity index is 2.15. The summed E-state index contributed by atoms with van der Waals surface area (Å²) in [6.45, 7) is 6.43. The summed E-state index contributed by atoms with van der Waals surface area (Å²) in [5.41, 5.74) is 5.63. The van der Waals surface area contributed by atoms with Crippen molar-refractivity contribution in [3.63, 3.8) is 0 Å². The number of benzene rings is 1. The SMILES string of the molecule is CC[C@]1(C)C[C@H]([C@@H](CC[NH3+])c2ccccc2)CCO1. The van der Waals surface area contributed by atoms with Crippen LogP contribution in [0.3, 0.4) is 0 Å². The van der Waals surface area contributed by atoms with E-state index in [1.165, 1.54) is 24.8 Å². The number of quaternary nitrogens is 1. The fraction of sp³-hybridized carbons (Fsp3) is 0.647. The molecule has 19 heavy (non-hydrogen) atoms. The fourth-order valence-electron chi connectivity index (χ4n) is 3.36. The zero-order valence-corrected chi connectivity index (χ0v) is 12.4. The zero-order valence-electron chi connectivity index (χ0n) is 12.4. The van der Waals surface area contributed by atoms with E-state index in [2.05, 4.69) is 49.9 Å². The van der Waals surface area contributed by atoms with E-state index in [9.17, 15) is 0 Å². The van der Waals surface area contributed by atoms with Gasteiger partial charge in [0.2, 0.25) is 0 Å². The van der Waals surface area contributed by atoms with Gasteiger partial charge in [0.05, 0.1) is 12.1 Å². The van der Waals surface area contributed by atoms with Gasteiger partial charge in [-0.3, -0.25) is 0 Å². The van der Waals surface area contributed by atoms with Gasteiger partial charge in [0.25, 0.3) is 0 Å². The standard InChI is InChI=1S/C17H27NO/c1-3-17(2)13-15(10-12-19-17)16(9-11-18)14-7-5-4-6-8-14/h4-8,15-16H,3,9-13,18H2,1-2H3/p+1/t15-,16+,17-/m1/s1. The lowest BCUT2D eigenvalue weighted by Crippen LogP contribution is -2.51. The van der Waals surface area contributed by atoms with Crippen molar-refractivity contribution in [2.45, 2.75) is 51.0 Å². The highest BCUT2D eigenvalue weighted by molar-refractivity contribution is 5.20. The molecule has 1 aliphatic heterocycles. The van der Waals surface area contributed by atoms with Crippen LogP contribution in [-0.4, -0.2) is 18.8 Å². The summed E-state index contributed by atoms with van der Waals surface area (Å²) in [6, 6.07) is 11.0. The van der Waals surface area contributed by atoms with Gasteiger partial charge >= 0.3 is 0 Å². The number of rotatable bonds is 5. The Bertz CT molecular complexity index is 378. The number of hydrogen-bond donors (Lipinski definition) is 1. The van der Waals surface area contributed by atoms with E-state index in [0.29, 0.717) is 5.92 Å². The molecule has 0 aliphatic carbocycles. The minimum atomic E-state index is 0.0805. The zero-order chi connectivity index (χ0) is 13.7. The largest absolute Gasteiger partial charge is 0.375 e. The topological polar surface area (TPSA) is 36.9 Å². The van der Waals surface area contributed by atoms with E-state index in [-0.39, 0.29) is 5.60 Å². The highest BCUT2D eigenvalue weighted by atomic mass is 16.5. The van der Waals surface area contributed by atoms with Crippen LogP contribution >= 0.6 is 0 Å². The molecule has 1 aromatic rings. The second kappa shape index (κ2) is 6.53. The highest BCUT2D eigenvalue weighted by Gasteiger charge is 2.35. The predicted molar refractivity (Wildman–Crippen MR) is 78.9 cm³/mol. The van der Waals surface area contributed by atoms with E-state index in [1.54, 1.807) is 0 Å². The maximum absolute atomic E-state index is 5.99. The van der Waals surface area contributed by atoms with Gasteiger partial charge in [0, 0.05) is 13.0 Å². The molecule has 1 fully saturated rings. The molecule has 0 amide bonds. The Labute approximate surface area is 117 Å². The molecule has 2 nitrogen and oxygen atoms in total. The lowest BCUT2D eigenvalue weighted by atomic mass is 9.74. The molecule has 0 bridgehead atoms. The minimum absolute atomic E-state index is 0.0805. The van der Waals surface area contributed by atoms with Crippen LogP contribution in [0.4, 0.5) is 0 Å². The Morgan fingerprint density at radius 2 is 2.11 bits per heavy atom. The first kappa shape index (κ1) is 14.5. The van der Waals surface area contributed by atoms with Crippen molar-refractivity contribution in [2.75, 3.05) is 13.2 Å². The van der Waals surface area contributed by atoms with Crippen LogP contribution in [0.1, 0.15) is 51.0 Å². The van der Waals surface area contributed by atoms with Crippen molar-refractivity contribution < 1.29 is 10.5 Å². The van der Waals surface area contributed by atoms with Crippen LogP contribution in [-0.2, 0) is 4.74 Å². The van der Waals surface area contributed by atoms with Crippen molar-refractivity contribution in [3.8, 4) is 0 Å². The van der Waals surface area contributed by atoms with Crippen molar-refractivity contribution >= 4 is 0 Å². The van der Waals surface area contributed by atoms with Crippen molar-refractivity contribution in [3.05, 3.63) is 35.9 Å². The Morgan fingerprint density at radius 1 is 1.37 bits per heavy atom. The summed E-state index contributed by atoms with van der Waals surface area (Å²) >= 11 is 0. The average Bonchev–Trinajstić information content (AvgIpc) is 2.46. The first-order chi connectivity index (χ1) is 9.18. The van der Waals surface area contributed by atoms with Gasteiger partial charge in [-0.1, -0.05) is 37.3 Å². The summed E-state index contributed by atoms with van der Waals surface area (Å²) in [5, 5.41) is 0. The Hall–Kier alpha value is -0.860. The molecule has 0 aromatic heterocycles. The fourth-order valence-corrected chi connectivity index (χ4v) is 3.36. The highest BCUT2D eigenvalue weighted by Crippen LogP contribution is 2.40. The van der Waals surface area contributed by atoms with Gasteiger partial charge < -0.3 is 10.5 Å². The van der Waals surface area contributed by atoms with E-state index in [4.69, 9.17) is 4.74 Å². The molecule has 106 valence electrons. The van der Waals surface area contributed by atoms with Crippen molar-refractivity contribution in [1.82, 2.24) is 0 Å². The van der Waals surface area contributed by atoms with Crippen LogP contribution in [0.25, 0.3) is 0 Å². The van der Waals surface area contributed by atoms with Gasteiger partial charge in [-0.25, -0.2) is 0 Å². The molecule has 2 heteroatoms. The first-order valence-electron chi connectivity index (χ1n) is 7.66. The Kier molecular flexibility index (Phi) is 5.00. The van der Waals surface area contributed by atoms with Gasteiger partial charge in [-0.2, -0.15) is 0 Å². The van der Waals surface area contributed by atoms with E-state index in [1.807, 2.05) is 0 Å². The predicted octanol–water partition coefficient (Wildman–Crippen LogP) is 3.00. The maximum atomic E-state index is 5.99. The van der Waals surface area contributed by atoms with Crippen molar-refractivity contribution in [1.29, 1.82) is 0 Å². The quantitative estimate of drug-likeness (QED) is 0.870. The third kappa shape index (κ3) is 3.58. The lowest BCUT2D eigenvalue weighted by molar-refractivity contribution is -0.369. The van der Waals surface area contributed by atoms with Crippen LogP contribution in [0.5, 0.6) is 0 Å². The van der Waals surface area contributed by atoms with Crippen LogP contribution in [0.2, 0.25) is 0 Å². The van der Waals surface area contributed by atoms with Gasteiger partial charge in [-0.05, 0) is 43.6 Å². The van der Waals surface area contributed by atoms with Gasteiger partial charge in [-0.15, -0.1) is 0 Å². The van der Waals surface area contributed by atoms with Crippen molar-refractivity contribution in [2.24, 2.45) is 5.92 Å². The summed E-state index contributed by atoms with van der Waals surface area (Å²) in [5.74, 6) is 1.39. The summed E-state index contributed by atoms with van der Waals surface area (Å²) in [6.07, 6.45) is 4.67. The molecular formula is C17H28NO+. The van der Waals surface area contributed by atoms with E-state index >= 15 is 0 Å². The van der Waals surface area contributed by atoms with Gasteiger partial charge in [0.15, 0.2) is 0 Å². The molecule has 2 rings (SSSR count). The van der Waals surface area contributed by atoms with Gasteiger partial charge in [0.1, 0.15) is 0 Å². The minimum Gasteiger partial charge on any atom is -0.375 e. The molecule has 1 aliphatic rings. The second-order valence-corrected chi connectivity index (χ2v) is 6.06. The third-order valence-corrected chi connectivity index (χ3v) is 4.69. The molecular weight excluding hydrogens is 234 g/mol. The summed E-state index contributed by atoms with van der Waals surface area (Å²) < 4.78 is 5.99. The number of hydrogen-bond acceptors (Lipinski definition) is 1. The summed E-state index contributed by atoms with van der Waals surface area (Å²) in [7, 11) is 0. The van der Waals surface area contributed by atoms with E-state index in [0.717, 1.165) is 25.5 Å². The summed E-state index contributed by atoms with van der Waals surface area (Å²) in [4.78, 5) is 0. The Morgan fingerprint density at radius 3 is 2.74 bits per heavy atom. The molecule has 3 N–H and O–H groups in total. The molecule has 1 aromatic carbocycles. The van der Waals surface area contributed by atoms with E-state index < -0.39 is 0 Å². The molecule has 0 saturated carbocycles. The van der Waals surface area contributed by atoms with Crippen LogP contribution < -0.4 is 5.73 Å². The van der Waals surface area contributed by atoms with Crippen LogP contribution in [0.15, 0.2) is 30.3 Å². The molecule has 0 spiro atoms. The molecule has 0 unspecified atom stereocenters. The smallest absolute Gasteiger partial charge is 0.0745 e. The molecule has 1 saturated heterocycles. The molecule has 3 atom stereocenters. The number of ether oxygens (including phenoxy) is 1. The van der Waals surface area contributed by atoms with Crippen LogP contribution in [0, 0.1) is 5.92 Å². The maximum Gasteiger partial charge on any atom is 0.0745 e. The third-order valence-electron chi connectivity index (χ3n) is 4.69. The lowest BCUT2D eigenvalue weighted by Gasteiger charge is -2.41. The normalized spacial score (nSPS) is 29.1. The molecule has 1 heterocycles. The molecule has 0 radical (unpaired) electrons. The second-order valence-electron chi connectivity index (χ2n) is 6.06. The first-order valence-corrected chi connectivity index (χ1v) is 7.66. The average molecular weight is 262 g/mol.